The quantitative estimate of drug-likeness (QED) is 0.437. The van der Waals surface area contributed by atoms with Crippen LogP contribution in [0, 0.1) is 0 Å². The molecule has 0 spiro atoms. The van der Waals surface area contributed by atoms with Crippen LogP contribution in [-0.2, 0) is 4.74 Å². The molecule has 3 aromatic heterocycles. The average Bonchev–Trinajstić information content (AvgIpc) is 3.18. The third kappa shape index (κ3) is 4.49. The fraction of sp³-hybridized carbons (Fsp3) is 0.400. The van der Waals surface area contributed by atoms with Crippen molar-refractivity contribution in [3.8, 4) is 17.0 Å². The van der Waals surface area contributed by atoms with Gasteiger partial charge in [-0.2, -0.15) is 0 Å². The molecule has 5 rings (SSSR count). The molecule has 1 fully saturated rings. The van der Waals surface area contributed by atoms with Crippen molar-refractivity contribution < 1.29 is 9.47 Å². The minimum Gasteiger partial charge on any atom is -0.478 e. The predicted octanol–water partition coefficient (Wildman–Crippen LogP) is 3.46. The van der Waals surface area contributed by atoms with Gasteiger partial charge in [0.05, 0.1) is 17.6 Å². The molecular formula is C25H29N5O3. The maximum absolute atomic E-state index is 12.8. The fourth-order valence-corrected chi connectivity index (χ4v) is 4.52. The summed E-state index contributed by atoms with van der Waals surface area (Å²) in [6.07, 6.45) is 6.18. The van der Waals surface area contributed by atoms with E-state index in [1.54, 1.807) is 10.8 Å². The molecule has 33 heavy (non-hydrogen) atoms. The number of rotatable bonds is 7. The van der Waals surface area contributed by atoms with Crippen molar-refractivity contribution in [2.24, 2.45) is 0 Å². The Bertz CT molecular complexity index is 1300. The molecule has 1 saturated heterocycles. The maximum atomic E-state index is 12.8. The highest BCUT2D eigenvalue weighted by molar-refractivity contribution is 5.97. The summed E-state index contributed by atoms with van der Waals surface area (Å²) in [5, 5.41) is 3.90. The monoisotopic (exact) mass is 447 g/mol. The largest absolute Gasteiger partial charge is 0.478 e. The SMILES string of the molecule is CN(C)CCCOc1ccc(-c2ccc3ncn4[nH]c(=O)c(C5CCOCC5)c4c3c2)cn1. The van der Waals surface area contributed by atoms with Gasteiger partial charge in [0.15, 0.2) is 0 Å². The predicted molar refractivity (Wildman–Crippen MR) is 128 cm³/mol. The Morgan fingerprint density at radius 1 is 1.15 bits per heavy atom. The molecule has 0 unspecified atom stereocenters. The van der Waals surface area contributed by atoms with Gasteiger partial charge in [0.1, 0.15) is 6.33 Å². The van der Waals surface area contributed by atoms with E-state index in [-0.39, 0.29) is 11.5 Å². The first-order valence-electron chi connectivity index (χ1n) is 11.4. The summed E-state index contributed by atoms with van der Waals surface area (Å²) >= 11 is 0. The van der Waals surface area contributed by atoms with E-state index in [4.69, 9.17) is 9.47 Å². The second-order valence-corrected chi connectivity index (χ2v) is 8.83. The van der Waals surface area contributed by atoms with Crippen molar-refractivity contribution in [1.82, 2.24) is 24.5 Å². The van der Waals surface area contributed by atoms with Crippen LogP contribution in [0.1, 0.15) is 30.7 Å². The molecule has 0 amide bonds. The van der Waals surface area contributed by atoms with Crippen LogP contribution in [0.5, 0.6) is 5.88 Å². The van der Waals surface area contributed by atoms with E-state index in [1.807, 2.05) is 30.5 Å². The first-order chi connectivity index (χ1) is 16.1. The molecule has 1 N–H and O–H groups in total. The second-order valence-electron chi connectivity index (χ2n) is 8.83. The Morgan fingerprint density at radius 3 is 2.73 bits per heavy atom. The van der Waals surface area contributed by atoms with Crippen LogP contribution in [0.15, 0.2) is 47.7 Å². The van der Waals surface area contributed by atoms with Gasteiger partial charge in [0.25, 0.3) is 5.56 Å². The molecule has 1 aromatic carbocycles. The van der Waals surface area contributed by atoms with Crippen molar-refractivity contribution in [3.05, 3.63) is 58.8 Å². The number of hydrogen-bond acceptors (Lipinski definition) is 6. The summed E-state index contributed by atoms with van der Waals surface area (Å²) in [6.45, 7) is 2.99. The maximum Gasteiger partial charge on any atom is 0.268 e. The van der Waals surface area contributed by atoms with Crippen LogP contribution in [0.25, 0.3) is 27.5 Å². The van der Waals surface area contributed by atoms with E-state index in [2.05, 4.69) is 40.1 Å². The highest BCUT2D eigenvalue weighted by Crippen LogP contribution is 2.32. The summed E-state index contributed by atoms with van der Waals surface area (Å²) in [7, 11) is 4.10. The molecular weight excluding hydrogens is 418 g/mol. The molecule has 1 aliphatic heterocycles. The molecule has 1 aliphatic rings. The van der Waals surface area contributed by atoms with Gasteiger partial charge in [-0.15, -0.1) is 0 Å². The van der Waals surface area contributed by atoms with Crippen molar-refractivity contribution in [2.45, 2.75) is 25.2 Å². The summed E-state index contributed by atoms with van der Waals surface area (Å²) in [5.74, 6) is 0.814. The summed E-state index contributed by atoms with van der Waals surface area (Å²) < 4.78 is 13.0. The Hall–Kier alpha value is -3.23. The third-order valence-electron chi connectivity index (χ3n) is 6.23. The molecule has 0 saturated carbocycles. The zero-order valence-electron chi connectivity index (χ0n) is 19.1. The van der Waals surface area contributed by atoms with Crippen LogP contribution < -0.4 is 10.3 Å². The molecule has 8 heteroatoms. The smallest absolute Gasteiger partial charge is 0.268 e. The van der Waals surface area contributed by atoms with Gasteiger partial charge in [-0.05, 0) is 63.0 Å². The van der Waals surface area contributed by atoms with Crippen LogP contribution in [-0.4, -0.2) is 64.9 Å². The third-order valence-corrected chi connectivity index (χ3v) is 6.23. The molecule has 4 aromatic rings. The average molecular weight is 448 g/mol. The van der Waals surface area contributed by atoms with E-state index in [9.17, 15) is 4.79 Å². The number of benzene rings is 1. The van der Waals surface area contributed by atoms with Gasteiger partial charge in [0.2, 0.25) is 5.88 Å². The molecule has 172 valence electrons. The van der Waals surface area contributed by atoms with Gasteiger partial charge >= 0.3 is 0 Å². The van der Waals surface area contributed by atoms with Crippen molar-refractivity contribution in [3.63, 3.8) is 0 Å². The number of aromatic amines is 1. The normalized spacial score (nSPS) is 15.0. The lowest BCUT2D eigenvalue weighted by Gasteiger charge is -2.21. The Morgan fingerprint density at radius 2 is 1.97 bits per heavy atom. The van der Waals surface area contributed by atoms with E-state index in [1.165, 1.54) is 0 Å². The van der Waals surface area contributed by atoms with E-state index in [0.29, 0.717) is 25.7 Å². The number of nitrogens with zero attached hydrogens (tertiary/aromatic N) is 4. The van der Waals surface area contributed by atoms with E-state index >= 15 is 0 Å². The minimum absolute atomic E-state index is 0.0426. The second kappa shape index (κ2) is 9.33. The number of H-pyrrole nitrogens is 1. The lowest BCUT2D eigenvalue weighted by Crippen LogP contribution is -2.19. The standard InChI is InChI=1S/C25H29N5O3/c1-29(2)10-3-11-33-22-7-5-19(15-26-22)18-4-6-21-20(14-18)24-23(17-8-12-32-13-9-17)25(31)28-30(24)16-27-21/h4-7,14-17H,3,8-13H2,1-2H3,(H,28,31). The molecule has 0 bridgehead atoms. The number of hydrogen-bond donors (Lipinski definition) is 1. The first kappa shape index (κ1) is 21.6. The van der Waals surface area contributed by atoms with Gasteiger partial charge in [0, 0.05) is 48.5 Å². The summed E-state index contributed by atoms with van der Waals surface area (Å²) in [6, 6.07) is 10.1. The highest BCUT2D eigenvalue weighted by atomic mass is 16.5. The number of pyridine rings is 1. The molecule has 0 radical (unpaired) electrons. The summed E-state index contributed by atoms with van der Waals surface area (Å²) in [4.78, 5) is 24.0. The van der Waals surface area contributed by atoms with Crippen molar-refractivity contribution in [2.75, 3.05) is 40.5 Å². The van der Waals surface area contributed by atoms with Gasteiger partial charge in [-0.25, -0.2) is 14.5 Å². The number of aromatic nitrogens is 4. The van der Waals surface area contributed by atoms with Gasteiger partial charge in [-0.3, -0.25) is 9.89 Å². The first-order valence-corrected chi connectivity index (χ1v) is 11.4. The Labute approximate surface area is 192 Å². The molecule has 4 heterocycles. The summed E-state index contributed by atoms with van der Waals surface area (Å²) in [5.41, 5.74) is 4.58. The van der Waals surface area contributed by atoms with Crippen LogP contribution in [0.4, 0.5) is 0 Å². The van der Waals surface area contributed by atoms with Gasteiger partial charge in [-0.1, -0.05) is 6.07 Å². The zero-order valence-corrected chi connectivity index (χ0v) is 19.1. The highest BCUT2D eigenvalue weighted by Gasteiger charge is 2.24. The number of nitrogens with one attached hydrogen (secondary N) is 1. The lowest BCUT2D eigenvalue weighted by molar-refractivity contribution is 0.0854. The Balaban J connectivity index is 1.47. The number of fused-ring (bicyclic) bond motifs is 3. The van der Waals surface area contributed by atoms with Crippen molar-refractivity contribution >= 4 is 16.4 Å². The number of ether oxygens (including phenoxy) is 2. The Kier molecular flexibility index (Phi) is 6.11. The fourth-order valence-electron chi connectivity index (χ4n) is 4.52. The minimum atomic E-state index is -0.0426. The van der Waals surface area contributed by atoms with Crippen LogP contribution in [0.2, 0.25) is 0 Å². The molecule has 8 nitrogen and oxygen atoms in total. The molecule has 0 atom stereocenters. The van der Waals surface area contributed by atoms with E-state index < -0.39 is 0 Å². The molecule has 0 aliphatic carbocycles. The lowest BCUT2D eigenvalue weighted by atomic mass is 9.91. The zero-order chi connectivity index (χ0) is 22.8. The van der Waals surface area contributed by atoms with Crippen LogP contribution in [0.3, 0.4) is 0 Å². The van der Waals surface area contributed by atoms with Crippen molar-refractivity contribution in [1.29, 1.82) is 0 Å². The van der Waals surface area contributed by atoms with Crippen LogP contribution >= 0.6 is 0 Å². The van der Waals surface area contributed by atoms with Gasteiger partial charge < -0.3 is 14.4 Å². The topological polar surface area (TPSA) is 84.8 Å². The van der Waals surface area contributed by atoms with E-state index in [0.717, 1.165) is 58.9 Å².